The number of alkyl halides is 3. The fraction of sp³-hybridized carbons (Fsp3) is 0.500. The Hall–Kier alpha value is -1.60. The molecular formula is C14H17F3N2O2. The Morgan fingerprint density at radius 1 is 1.38 bits per heavy atom. The van der Waals surface area contributed by atoms with Crippen molar-refractivity contribution in [3.63, 3.8) is 0 Å². The molecule has 3 N–H and O–H groups in total. The Labute approximate surface area is 120 Å². The molecule has 1 heterocycles. The molecule has 0 unspecified atom stereocenters. The van der Waals surface area contributed by atoms with E-state index in [-0.39, 0.29) is 12.5 Å². The summed E-state index contributed by atoms with van der Waals surface area (Å²) in [4.78, 5) is 13.0. The molecule has 0 spiro atoms. The lowest BCUT2D eigenvalue weighted by Crippen LogP contribution is -2.61. The summed E-state index contributed by atoms with van der Waals surface area (Å²) in [6.45, 7) is 2.89. The number of nitrogens with zero attached hydrogens (tertiary/aromatic N) is 1. The number of rotatable bonds is 4. The molecule has 2 rings (SSSR count). The van der Waals surface area contributed by atoms with Crippen molar-refractivity contribution in [2.45, 2.75) is 19.2 Å². The molecule has 1 fully saturated rings. The summed E-state index contributed by atoms with van der Waals surface area (Å²) in [6.07, 6.45) is -5.28. The molecule has 1 aromatic carbocycles. The highest BCUT2D eigenvalue weighted by Crippen LogP contribution is 2.32. The minimum Gasteiger partial charge on any atom is -0.387 e. The third-order valence-corrected chi connectivity index (χ3v) is 3.79. The molecule has 4 nitrogen and oxygen atoms in total. The van der Waals surface area contributed by atoms with Gasteiger partial charge in [-0.2, -0.15) is 13.2 Å². The number of hydrogen-bond donors (Lipinski definition) is 2. The van der Waals surface area contributed by atoms with E-state index in [4.69, 9.17) is 5.73 Å². The monoisotopic (exact) mass is 302 g/mol. The maximum absolute atomic E-state index is 12.4. The van der Waals surface area contributed by atoms with E-state index in [1.165, 1.54) is 12.1 Å². The largest absolute Gasteiger partial charge is 0.416 e. The summed E-state index contributed by atoms with van der Waals surface area (Å²) in [7, 11) is 0. The molecule has 7 heteroatoms. The molecule has 1 atom stereocenters. The predicted octanol–water partition coefficient (Wildman–Crippen LogP) is 1.55. The Bertz CT molecular complexity index is 522. The minimum absolute atomic E-state index is 0.258. The van der Waals surface area contributed by atoms with Crippen LogP contribution in [0.25, 0.3) is 0 Å². The lowest BCUT2D eigenvalue weighted by atomic mass is 9.81. The number of carbonyl (C=O) groups is 1. The Kier molecular flexibility index (Phi) is 3.99. The number of primary amides is 1. The van der Waals surface area contributed by atoms with Crippen LogP contribution in [-0.4, -0.2) is 35.5 Å². The number of halogens is 3. The number of β-amino-alcohol motifs (C(OH)–C–C–N with tert-alkyl or cyclic N) is 1. The van der Waals surface area contributed by atoms with Crippen LogP contribution >= 0.6 is 0 Å². The Morgan fingerprint density at radius 2 is 1.90 bits per heavy atom. The molecule has 0 aliphatic carbocycles. The summed E-state index contributed by atoms with van der Waals surface area (Å²) < 4.78 is 37.3. The molecule has 0 radical (unpaired) electrons. The highest BCUT2D eigenvalue weighted by molar-refractivity contribution is 5.82. The fourth-order valence-corrected chi connectivity index (χ4v) is 2.47. The average molecular weight is 302 g/mol. The van der Waals surface area contributed by atoms with Crippen LogP contribution in [0.15, 0.2) is 24.3 Å². The summed E-state index contributed by atoms with van der Waals surface area (Å²) in [5.74, 6) is -0.386. The number of aliphatic hydroxyl groups is 1. The molecule has 0 aromatic heterocycles. The van der Waals surface area contributed by atoms with Crippen LogP contribution in [0, 0.1) is 5.41 Å². The topological polar surface area (TPSA) is 66.6 Å². The van der Waals surface area contributed by atoms with Crippen molar-refractivity contribution in [3.8, 4) is 0 Å². The van der Waals surface area contributed by atoms with Crippen molar-refractivity contribution in [2.24, 2.45) is 11.1 Å². The fourth-order valence-electron chi connectivity index (χ4n) is 2.47. The second-order valence-electron chi connectivity index (χ2n) is 5.73. The van der Waals surface area contributed by atoms with Crippen LogP contribution in [0.2, 0.25) is 0 Å². The lowest BCUT2D eigenvalue weighted by molar-refractivity contribution is -0.138. The van der Waals surface area contributed by atoms with Crippen molar-refractivity contribution < 1.29 is 23.1 Å². The van der Waals surface area contributed by atoms with Gasteiger partial charge in [0.2, 0.25) is 5.91 Å². The predicted molar refractivity (Wildman–Crippen MR) is 70.1 cm³/mol. The molecule has 116 valence electrons. The lowest BCUT2D eigenvalue weighted by Gasteiger charge is -2.46. The van der Waals surface area contributed by atoms with E-state index in [9.17, 15) is 23.1 Å². The number of hydrogen-bond acceptors (Lipinski definition) is 3. The minimum atomic E-state index is -4.38. The van der Waals surface area contributed by atoms with Crippen LogP contribution in [0.1, 0.15) is 24.2 Å². The van der Waals surface area contributed by atoms with E-state index in [2.05, 4.69) is 0 Å². The molecule has 0 bridgehead atoms. The van der Waals surface area contributed by atoms with Gasteiger partial charge in [0.1, 0.15) is 0 Å². The summed E-state index contributed by atoms with van der Waals surface area (Å²) >= 11 is 0. The standard InChI is InChI=1S/C14H17F3N2O2/c1-13(12(18)21)7-19(8-13)6-11(20)9-2-4-10(5-3-9)14(15,16)17/h2-5,11,20H,6-8H2,1H3,(H2,18,21)/t11-/m1/s1. The van der Waals surface area contributed by atoms with Gasteiger partial charge in [-0.3, -0.25) is 9.69 Å². The van der Waals surface area contributed by atoms with Crippen molar-refractivity contribution in [1.29, 1.82) is 0 Å². The van der Waals surface area contributed by atoms with E-state index in [1.807, 2.05) is 4.90 Å². The molecule has 0 saturated carbocycles. The van der Waals surface area contributed by atoms with Gasteiger partial charge in [0.05, 0.1) is 17.1 Å². The maximum atomic E-state index is 12.4. The van der Waals surface area contributed by atoms with Gasteiger partial charge >= 0.3 is 6.18 Å². The summed E-state index contributed by atoms with van der Waals surface area (Å²) in [6, 6.07) is 4.42. The molecule has 1 aliphatic heterocycles. The third kappa shape index (κ3) is 3.36. The number of amides is 1. The van der Waals surface area contributed by atoms with E-state index >= 15 is 0 Å². The van der Waals surface area contributed by atoms with Gasteiger partial charge in [-0.25, -0.2) is 0 Å². The molecular weight excluding hydrogens is 285 g/mol. The SMILES string of the molecule is CC1(C(N)=O)CN(C[C@@H](O)c2ccc(C(F)(F)F)cc2)C1. The number of carbonyl (C=O) groups excluding carboxylic acids is 1. The normalized spacial score (nSPS) is 19.9. The van der Waals surface area contributed by atoms with Crippen LogP contribution in [0.4, 0.5) is 13.2 Å². The van der Waals surface area contributed by atoms with Crippen molar-refractivity contribution in [1.82, 2.24) is 4.90 Å². The summed E-state index contributed by atoms with van der Waals surface area (Å²) in [5, 5.41) is 10.0. The van der Waals surface area contributed by atoms with Crippen LogP contribution < -0.4 is 5.73 Å². The zero-order chi connectivity index (χ0) is 15.8. The van der Waals surface area contributed by atoms with Crippen LogP contribution in [0.5, 0.6) is 0 Å². The van der Waals surface area contributed by atoms with Gasteiger partial charge < -0.3 is 10.8 Å². The molecule has 1 saturated heterocycles. The van der Waals surface area contributed by atoms with Gasteiger partial charge in [-0.05, 0) is 24.6 Å². The first kappa shape index (κ1) is 15.8. The second-order valence-corrected chi connectivity index (χ2v) is 5.73. The van der Waals surface area contributed by atoms with E-state index in [1.54, 1.807) is 6.92 Å². The number of nitrogens with two attached hydrogens (primary N) is 1. The molecule has 1 aromatic rings. The first-order valence-corrected chi connectivity index (χ1v) is 6.49. The highest BCUT2D eigenvalue weighted by atomic mass is 19.4. The van der Waals surface area contributed by atoms with Crippen LogP contribution in [0.3, 0.4) is 0 Å². The van der Waals surface area contributed by atoms with E-state index in [0.717, 1.165) is 12.1 Å². The smallest absolute Gasteiger partial charge is 0.387 e. The quantitative estimate of drug-likeness (QED) is 0.887. The Balaban J connectivity index is 1.93. The van der Waals surface area contributed by atoms with Crippen molar-refractivity contribution in [3.05, 3.63) is 35.4 Å². The average Bonchev–Trinajstić information content (AvgIpc) is 2.35. The summed E-state index contributed by atoms with van der Waals surface area (Å²) in [5.41, 5.74) is 4.34. The van der Waals surface area contributed by atoms with Gasteiger partial charge in [-0.1, -0.05) is 12.1 Å². The van der Waals surface area contributed by atoms with Gasteiger partial charge in [-0.15, -0.1) is 0 Å². The third-order valence-electron chi connectivity index (χ3n) is 3.79. The molecule has 21 heavy (non-hydrogen) atoms. The van der Waals surface area contributed by atoms with Crippen molar-refractivity contribution >= 4 is 5.91 Å². The molecule has 1 amide bonds. The zero-order valence-electron chi connectivity index (χ0n) is 11.5. The zero-order valence-corrected chi connectivity index (χ0v) is 11.5. The second kappa shape index (κ2) is 5.31. The number of benzene rings is 1. The van der Waals surface area contributed by atoms with Gasteiger partial charge in [0, 0.05) is 19.6 Å². The maximum Gasteiger partial charge on any atom is 0.416 e. The van der Waals surface area contributed by atoms with Crippen LogP contribution in [-0.2, 0) is 11.0 Å². The van der Waals surface area contributed by atoms with Gasteiger partial charge in [0.15, 0.2) is 0 Å². The van der Waals surface area contributed by atoms with E-state index in [0.29, 0.717) is 18.7 Å². The first-order valence-electron chi connectivity index (χ1n) is 6.49. The highest BCUT2D eigenvalue weighted by Gasteiger charge is 2.44. The van der Waals surface area contributed by atoms with E-state index < -0.39 is 23.3 Å². The number of likely N-dealkylation sites (tertiary alicyclic amines) is 1. The van der Waals surface area contributed by atoms with Crippen molar-refractivity contribution in [2.75, 3.05) is 19.6 Å². The molecule has 1 aliphatic rings. The first-order chi connectivity index (χ1) is 9.62. The van der Waals surface area contributed by atoms with Gasteiger partial charge in [0.25, 0.3) is 0 Å². The Morgan fingerprint density at radius 3 is 2.33 bits per heavy atom. The number of aliphatic hydroxyl groups excluding tert-OH is 1.